The molecule has 0 amide bonds. The lowest BCUT2D eigenvalue weighted by atomic mass is 10.1. The lowest BCUT2D eigenvalue weighted by molar-refractivity contribution is 0.482. The second-order valence-electron chi connectivity index (χ2n) is 4.21. The highest BCUT2D eigenvalue weighted by Crippen LogP contribution is 2.28. The molecule has 2 aromatic carbocycles. The van der Waals surface area contributed by atoms with Crippen molar-refractivity contribution in [3.63, 3.8) is 0 Å². The molecule has 0 aliphatic carbocycles. The van der Waals surface area contributed by atoms with Crippen LogP contribution >= 0.6 is 11.6 Å². The second kappa shape index (κ2) is 5.64. The van der Waals surface area contributed by atoms with Gasteiger partial charge in [-0.1, -0.05) is 11.6 Å². The van der Waals surface area contributed by atoms with Crippen LogP contribution in [0.1, 0.15) is 11.1 Å². The minimum Gasteiger partial charge on any atom is -0.457 e. The summed E-state index contributed by atoms with van der Waals surface area (Å²) >= 11 is 5.96. The van der Waals surface area contributed by atoms with E-state index in [-0.39, 0.29) is 6.42 Å². The highest BCUT2D eigenvalue weighted by Gasteiger charge is 2.04. The van der Waals surface area contributed by atoms with Gasteiger partial charge >= 0.3 is 0 Å². The van der Waals surface area contributed by atoms with E-state index >= 15 is 0 Å². The van der Waals surface area contributed by atoms with Gasteiger partial charge in [0.05, 0.1) is 12.5 Å². The molecule has 0 radical (unpaired) electrons. The summed E-state index contributed by atoms with van der Waals surface area (Å²) in [5.74, 6) is 1.36. The number of anilines is 1. The monoisotopic (exact) mass is 272 g/mol. The molecule has 2 aromatic rings. The quantitative estimate of drug-likeness (QED) is 0.856. The highest BCUT2D eigenvalue weighted by atomic mass is 35.5. The maximum atomic E-state index is 8.73. The molecule has 0 aliphatic rings. The van der Waals surface area contributed by atoms with Crippen molar-refractivity contribution >= 4 is 17.3 Å². The summed E-state index contributed by atoms with van der Waals surface area (Å²) in [5, 5.41) is 9.43. The largest absolute Gasteiger partial charge is 0.457 e. The van der Waals surface area contributed by atoms with E-state index in [2.05, 4.69) is 6.07 Å². The first kappa shape index (κ1) is 13.3. The standard InChI is InChI=1S/C15H13ClN2O/c1-10-8-12(2-4-14(10)16)19-13-3-5-15(18)11(9-13)6-7-17/h2-5,8-9H,6,18H2,1H3. The van der Waals surface area contributed by atoms with Gasteiger partial charge in [-0.05, 0) is 54.4 Å². The summed E-state index contributed by atoms with van der Waals surface area (Å²) in [6.07, 6.45) is 0.267. The van der Waals surface area contributed by atoms with Gasteiger partial charge in [0, 0.05) is 10.7 Å². The van der Waals surface area contributed by atoms with Crippen molar-refractivity contribution in [2.45, 2.75) is 13.3 Å². The van der Waals surface area contributed by atoms with Gasteiger partial charge < -0.3 is 10.5 Å². The van der Waals surface area contributed by atoms with Gasteiger partial charge in [-0.3, -0.25) is 0 Å². The van der Waals surface area contributed by atoms with Crippen LogP contribution in [0.25, 0.3) is 0 Å². The van der Waals surface area contributed by atoms with Gasteiger partial charge in [0.2, 0.25) is 0 Å². The molecule has 0 saturated heterocycles. The minimum atomic E-state index is 0.267. The van der Waals surface area contributed by atoms with Gasteiger partial charge in [0.15, 0.2) is 0 Å². The van der Waals surface area contributed by atoms with Crippen LogP contribution in [0.2, 0.25) is 5.02 Å². The zero-order chi connectivity index (χ0) is 13.8. The summed E-state index contributed by atoms with van der Waals surface area (Å²) < 4.78 is 5.73. The van der Waals surface area contributed by atoms with Crippen molar-refractivity contribution in [2.75, 3.05) is 5.73 Å². The molecule has 0 aliphatic heterocycles. The number of ether oxygens (including phenoxy) is 1. The topological polar surface area (TPSA) is 59.0 Å². The zero-order valence-electron chi connectivity index (χ0n) is 10.5. The van der Waals surface area contributed by atoms with Gasteiger partial charge in [0.1, 0.15) is 11.5 Å². The molecule has 19 heavy (non-hydrogen) atoms. The molecule has 0 atom stereocenters. The van der Waals surface area contributed by atoms with Crippen LogP contribution in [0.3, 0.4) is 0 Å². The van der Waals surface area contributed by atoms with Crippen LogP contribution in [0, 0.1) is 18.3 Å². The number of nitrogen functional groups attached to an aromatic ring is 1. The molecular weight excluding hydrogens is 260 g/mol. The molecule has 2 N–H and O–H groups in total. The van der Waals surface area contributed by atoms with Gasteiger partial charge in [-0.25, -0.2) is 0 Å². The van der Waals surface area contributed by atoms with Crippen LogP contribution in [0.15, 0.2) is 36.4 Å². The number of hydrogen-bond acceptors (Lipinski definition) is 3. The van der Waals surface area contributed by atoms with Crippen molar-refractivity contribution in [1.82, 2.24) is 0 Å². The minimum absolute atomic E-state index is 0.267. The Kier molecular flexibility index (Phi) is 3.94. The number of nitriles is 1. The van der Waals surface area contributed by atoms with E-state index in [9.17, 15) is 0 Å². The molecule has 0 heterocycles. The first-order chi connectivity index (χ1) is 9.10. The van der Waals surface area contributed by atoms with Crippen molar-refractivity contribution in [2.24, 2.45) is 0 Å². The number of nitrogens with two attached hydrogens (primary N) is 1. The summed E-state index contributed by atoms with van der Waals surface area (Å²) in [7, 11) is 0. The molecule has 0 bridgehead atoms. The Balaban J connectivity index is 2.25. The number of rotatable bonds is 3. The van der Waals surface area contributed by atoms with Crippen LogP contribution in [0.4, 0.5) is 5.69 Å². The fourth-order valence-corrected chi connectivity index (χ4v) is 1.82. The smallest absolute Gasteiger partial charge is 0.127 e. The average Bonchev–Trinajstić information content (AvgIpc) is 2.38. The Morgan fingerprint density at radius 2 is 1.89 bits per heavy atom. The Labute approximate surface area is 117 Å². The predicted molar refractivity (Wildman–Crippen MR) is 76.4 cm³/mol. The number of hydrogen-bond donors (Lipinski definition) is 1. The van der Waals surface area contributed by atoms with Gasteiger partial charge in [-0.15, -0.1) is 0 Å². The summed E-state index contributed by atoms with van der Waals surface area (Å²) in [5.41, 5.74) is 8.11. The summed E-state index contributed by atoms with van der Waals surface area (Å²) in [6.45, 7) is 1.92. The lowest BCUT2D eigenvalue weighted by Crippen LogP contribution is -1.94. The van der Waals surface area contributed by atoms with Crippen LogP contribution in [-0.4, -0.2) is 0 Å². The van der Waals surface area contributed by atoms with Gasteiger partial charge in [0.25, 0.3) is 0 Å². The van der Waals surface area contributed by atoms with Crippen molar-refractivity contribution < 1.29 is 4.74 Å². The molecule has 0 saturated carbocycles. The Morgan fingerprint density at radius 3 is 2.58 bits per heavy atom. The second-order valence-corrected chi connectivity index (χ2v) is 4.62. The molecule has 0 fully saturated rings. The molecule has 0 unspecified atom stereocenters. The molecule has 3 nitrogen and oxygen atoms in total. The Hall–Kier alpha value is -2.18. The molecular formula is C15H13ClN2O. The number of benzene rings is 2. The third-order valence-corrected chi connectivity index (χ3v) is 3.17. The third kappa shape index (κ3) is 3.18. The molecule has 0 aromatic heterocycles. The first-order valence-electron chi connectivity index (χ1n) is 5.79. The third-order valence-electron chi connectivity index (χ3n) is 2.75. The fraction of sp³-hybridized carbons (Fsp3) is 0.133. The molecule has 2 rings (SSSR count). The zero-order valence-corrected chi connectivity index (χ0v) is 11.2. The molecule has 96 valence electrons. The lowest BCUT2D eigenvalue weighted by Gasteiger charge is -2.09. The van der Waals surface area contributed by atoms with Gasteiger partial charge in [-0.2, -0.15) is 5.26 Å². The maximum Gasteiger partial charge on any atom is 0.127 e. The van der Waals surface area contributed by atoms with E-state index in [0.29, 0.717) is 22.2 Å². The molecule has 0 spiro atoms. The van der Waals surface area contributed by atoms with Crippen LogP contribution < -0.4 is 10.5 Å². The van der Waals surface area contributed by atoms with Crippen LogP contribution in [-0.2, 0) is 6.42 Å². The summed E-state index contributed by atoms with van der Waals surface area (Å²) in [4.78, 5) is 0. The normalized spacial score (nSPS) is 9.95. The van der Waals surface area contributed by atoms with E-state index in [4.69, 9.17) is 27.3 Å². The predicted octanol–water partition coefficient (Wildman–Crippen LogP) is 4.09. The Morgan fingerprint density at radius 1 is 1.21 bits per heavy atom. The van der Waals surface area contributed by atoms with E-state index in [1.54, 1.807) is 30.3 Å². The summed E-state index contributed by atoms with van der Waals surface area (Å²) in [6, 6.07) is 12.8. The highest BCUT2D eigenvalue weighted by molar-refractivity contribution is 6.31. The van der Waals surface area contributed by atoms with Crippen molar-refractivity contribution in [3.8, 4) is 17.6 Å². The Bertz CT molecular complexity index is 647. The van der Waals surface area contributed by atoms with E-state index in [0.717, 1.165) is 11.1 Å². The van der Waals surface area contributed by atoms with E-state index in [1.165, 1.54) is 0 Å². The molecule has 4 heteroatoms. The number of halogens is 1. The first-order valence-corrected chi connectivity index (χ1v) is 6.17. The number of aryl methyl sites for hydroxylation is 1. The van der Waals surface area contributed by atoms with E-state index < -0.39 is 0 Å². The average molecular weight is 273 g/mol. The maximum absolute atomic E-state index is 8.73. The van der Waals surface area contributed by atoms with E-state index in [1.807, 2.05) is 13.0 Å². The SMILES string of the molecule is Cc1cc(Oc2ccc(N)c(CC#N)c2)ccc1Cl. The van der Waals surface area contributed by atoms with Crippen LogP contribution in [0.5, 0.6) is 11.5 Å². The van der Waals surface area contributed by atoms with Crippen molar-refractivity contribution in [3.05, 3.63) is 52.5 Å². The fourth-order valence-electron chi connectivity index (χ4n) is 1.70. The van der Waals surface area contributed by atoms with Crippen molar-refractivity contribution in [1.29, 1.82) is 5.26 Å². The number of nitrogens with zero attached hydrogens (tertiary/aromatic N) is 1.